The predicted octanol–water partition coefficient (Wildman–Crippen LogP) is 4.44. The van der Waals surface area contributed by atoms with E-state index in [-0.39, 0.29) is 14.6 Å². The van der Waals surface area contributed by atoms with Gasteiger partial charge in [0.15, 0.2) is 0 Å². The van der Waals surface area contributed by atoms with Crippen molar-refractivity contribution >= 4 is 55.4 Å². The lowest BCUT2D eigenvalue weighted by Gasteiger charge is -2.23. The first kappa shape index (κ1) is 14.6. The maximum absolute atomic E-state index is 12.0. The summed E-state index contributed by atoms with van der Waals surface area (Å²) in [6.07, 6.45) is 0. The lowest BCUT2D eigenvalue weighted by Crippen LogP contribution is -2.09. The fourth-order valence-corrected chi connectivity index (χ4v) is 3.77. The molecule has 7 heteroatoms. The van der Waals surface area contributed by atoms with Crippen LogP contribution in [0.25, 0.3) is 0 Å². The summed E-state index contributed by atoms with van der Waals surface area (Å²) in [4.78, 5) is 0. The highest BCUT2D eigenvalue weighted by molar-refractivity contribution is 9.11. The number of alkyl halides is 3. The highest BCUT2D eigenvalue weighted by Crippen LogP contribution is 2.58. The van der Waals surface area contributed by atoms with Crippen LogP contribution in [0.3, 0.4) is 0 Å². The molecule has 0 rings (SSSR count). The standard InChI is InChI=1S/C6H12Br3O3P/c1-4(7)11-13(10,6(3)9)12-5(2)8/h4-6H,1-3H3. The Morgan fingerprint density at radius 3 is 1.46 bits per heavy atom. The van der Waals surface area contributed by atoms with Gasteiger partial charge in [-0.1, -0.05) is 47.8 Å². The van der Waals surface area contributed by atoms with Crippen LogP contribution in [0.2, 0.25) is 0 Å². The zero-order chi connectivity index (χ0) is 10.6. The van der Waals surface area contributed by atoms with Crippen molar-refractivity contribution in [1.82, 2.24) is 0 Å². The van der Waals surface area contributed by atoms with E-state index in [1.807, 2.05) is 0 Å². The van der Waals surface area contributed by atoms with Gasteiger partial charge in [0.05, 0.1) is 0 Å². The summed E-state index contributed by atoms with van der Waals surface area (Å²) >= 11 is 9.51. The molecule has 0 amide bonds. The maximum atomic E-state index is 12.0. The minimum Gasteiger partial charge on any atom is -0.293 e. The van der Waals surface area contributed by atoms with Gasteiger partial charge in [-0.3, -0.25) is 13.6 Å². The van der Waals surface area contributed by atoms with E-state index in [1.54, 1.807) is 20.8 Å². The number of rotatable bonds is 5. The van der Waals surface area contributed by atoms with Crippen LogP contribution in [0.15, 0.2) is 0 Å². The fraction of sp³-hybridized carbons (Fsp3) is 1.00. The van der Waals surface area contributed by atoms with Crippen LogP contribution in [0, 0.1) is 0 Å². The van der Waals surface area contributed by atoms with E-state index in [0.717, 1.165) is 0 Å². The van der Waals surface area contributed by atoms with Gasteiger partial charge in [-0.25, -0.2) is 0 Å². The van der Waals surface area contributed by atoms with Crippen molar-refractivity contribution in [2.45, 2.75) is 35.4 Å². The van der Waals surface area contributed by atoms with Crippen LogP contribution in [-0.2, 0) is 13.6 Å². The highest BCUT2D eigenvalue weighted by atomic mass is 79.9. The van der Waals surface area contributed by atoms with E-state index in [2.05, 4.69) is 47.8 Å². The molecule has 0 aromatic heterocycles. The molecule has 3 nitrogen and oxygen atoms in total. The van der Waals surface area contributed by atoms with Crippen molar-refractivity contribution < 1.29 is 13.6 Å². The maximum Gasteiger partial charge on any atom is 0.346 e. The Balaban J connectivity index is 4.45. The minimum atomic E-state index is -3.08. The Hall–Kier alpha value is 1.59. The van der Waals surface area contributed by atoms with Gasteiger partial charge < -0.3 is 0 Å². The van der Waals surface area contributed by atoms with Crippen LogP contribution in [0.4, 0.5) is 0 Å². The molecule has 80 valence electrons. The Bertz CT molecular complexity index is 182. The Labute approximate surface area is 104 Å². The first-order valence-corrected chi connectivity index (χ1v) is 8.02. The number of halogens is 3. The molecule has 0 aromatic carbocycles. The van der Waals surface area contributed by atoms with E-state index in [4.69, 9.17) is 9.05 Å². The van der Waals surface area contributed by atoms with Gasteiger partial charge in [0.25, 0.3) is 0 Å². The molecule has 0 aliphatic carbocycles. The molecule has 3 unspecified atom stereocenters. The van der Waals surface area contributed by atoms with Gasteiger partial charge in [0.2, 0.25) is 0 Å². The second-order valence-corrected chi connectivity index (χ2v) is 9.35. The first-order chi connectivity index (χ1) is 5.78. The lowest BCUT2D eigenvalue weighted by atomic mass is 10.9. The van der Waals surface area contributed by atoms with Crippen molar-refractivity contribution in [2.75, 3.05) is 0 Å². The van der Waals surface area contributed by atoms with Crippen molar-refractivity contribution in [1.29, 1.82) is 0 Å². The van der Waals surface area contributed by atoms with Crippen molar-refractivity contribution in [3.05, 3.63) is 0 Å². The van der Waals surface area contributed by atoms with Gasteiger partial charge in [0, 0.05) is 0 Å². The van der Waals surface area contributed by atoms with Gasteiger partial charge in [-0.2, -0.15) is 0 Å². The summed E-state index contributed by atoms with van der Waals surface area (Å²) in [7, 11) is -3.08. The largest absolute Gasteiger partial charge is 0.346 e. The van der Waals surface area contributed by atoms with Gasteiger partial charge in [-0.05, 0) is 20.8 Å². The molecule has 0 aliphatic rings. The molecule has 0 saturated carbocycles. The van der Waals surface area contributed by atoms with Gasteiger partial charge in [-0.15, -0.1) is 0 Å². The minimum absolute atomic E-state index is 0.301. The van der Waals surface area contributed by atoms with Crippen molar-refractivity contribution in [3.8, 4) is 0 Å². The molecule has 0 spiro atoms. The van der Waals surface area contributed by atoms with E-state index in [0.29, 0.717) is 0 Å². The third-order valence-electron chi connectivity index (χ3n) is 1.02. The van der Waals surface area contributed by atoms with Gasteiger partial charge in [0.1, 0.15) is 14.6 Å². The zero-order valence-corrected chi connectivity index (χ0v) is 13.2. The van der Waals surface area contributed by atoms with Crippen LogP contribution < -0.4 is 0 Å². The molecule has 0 N–H and O–H groups in total. The zero-order valence-electron chi connectivity index (χ0n) is 7.54. The topological polar surface area (TPSA) is 35.5 Å². The molecule has 0 saturated heterocycles. The monoisotopic (exact) mass is 400 g/mol. The first-order valence-electron chi connectivity index (χ1n) is 3.66. The molecule has 3 atom stereocenters. The molecular weight excluding hydrogens is 391 g/mol. The average molecular weight is 403 g/mol. The molecule has 0 bridgehead atoms. The van der Waals surface area contributed by atoms with Crippen LogP contribution in [0.5, 0.6) is 0 Å². The summed E-state index contributed by atoms with van der Waals surface area (Å²) in [5.41, 5.74) is 0. The number of hydrogen-bond donors (Lipinski definition) is 0. The molecule has 0 aromatic rings. The third-order valence-corrected chi connectivity index (χ3v) is 5.57. The second kappa shape index (κ2) is 6.23. The summed E-state index contributed by atoms with van der Waals surface area (Å²) < 4.78 is 22.0. The Kier molecular flexibility index (Phi) is 7.00. The molecule has 0 radical (unpaired) electrons. The summed E-state index contributed by atoms with van der Waals surface area (Å²) in [5, 5.41) is -0.603. The molecule has 0 aliphatic heterocycles. The Morgan fingerprint density at radius 1 is 1.00 bits per heavy atom. The Morgan fingerprint density at radius 2 is 1.31 bits per heavy atom. The van der Waals surface area contributed by atoms with Gasteiger partial charge >= 0.3 is 7.60 Å². The number of hydrogen-bond acceptors (Lipinski definition) is 3. The average Bonchev–Trinajstić information content (AvgIpc) is 1.82. The third kappa shape index (κ3) is 5.90. The molecular formula is C6H12Br3O3P. The second-order valence-electron chi connectivity index (χ2n) is 2.41. The summed E-state index contributed by atoms with van der Waals surface area (Å²) in [6, 6.07) is 0. The fourth-order valence-electron chi connectivity index (χ4n) is 0.597. The predicted molar refractivity (Wildman–Crippen MR) is 64.9 cm³/mol. The van der Waals surface area contributed by atoms with Crippen molar-refractivity contribution in [2.24, 2.45) is 0 Å². The van der Waals surface area contributed by atoms with Crippen molar-refractivity contribution in [3.63, 3.8) is 0 Å². The SMILES string of the molecule is CC(Br)OP(=O)(OC(C)Br)C(C)Br. The highest BCUT2D eigenvalue weighted by Gasteiger charge is 2.33. The quantitative estimate of drug-likeness (QED) is 0.504. The molecule has 0 fully saturated rings. The van der Waals surface area contributed by atoms with E-state index >= 15 is 0 Å². The van der Waals surface area contributed by atoms with Crippen LogP contribution >= 0.6 is 55.4 Å². The lowest BCUT2D eigenvalue weighted by molar-refractivity contribution is 0.198. The van der Waals surface area contributed by atoms with E-state index < -0.39 is 7.60 Å². The van der Waals surface area contributed by atoms with E-state index in [1.165, 1.54) is 0 Å². The smallest absolute Gasteiger partial charge is 0.293 e. The summed E-state index contributed by atoms with van der Waals surface area (Å²) in [6.45, 7) is 5.21. The molecule has 13 heavy (non-hydrogen) atoms. The van der Waals surface area contributed by atoms with Crippen LogP contribution in [0.1, 0.15) is 20.8 Å². The normalized spacial score (nSPS) is 23.2. The summed E-state index contributed by atoms with van der Waals surface area (Å²) in [5.74, 6) is 0. The molecule has 0 heterocycles. The van der Waals surface area contributed by atoms with E-state index in [9.17, 15) is 4.57 Å². The van der Waals surface area contributed by atoms with Crippen LogP contribution in [-0.4, -0.2) is 14.6 Å².